The summed E-state index contributed by atoms with van der Waals surface area (Å²) >= 11 is 0. The number of benzene rings is 10. The zero-order chi connectivity index (χ0) is 63.2. The van der Waals surface area contributed by atoms with Gasteiger partial charge in [0.25, 0.3) is 0 Å². The fourth-order valence-electron chi connectivity index (χ4n) is 13.0. The molecule has 0 aliphatic heterocycles. The summed E-state index contributed by atoms with van der Waals surface area (Å²) in [6.45, 7) is 12.5. The molecule has 12 nitrogen and oxygen atoms in total. The average Bonchev–Trinajstić information content (AvgIpc) is 1.64. The van der Waals surface area contributed by atoms with Crippen LogP contribution in [0.4, 0.5) is 22.7 Å². The van der Waals surface area contributed by atoms with Gasteiger partial charge in [0.1, 0.15) is 23.0 Å². The van der Waals surface area contributed by atoms with Gasteiger partial charge in [0.15, 0.2) is 0 Å². The molecule has 0 aliphatic carbocycles. The van der Waals surface area contributed by atoms with Crippen molar-refractivity contribution in [1.29, 1.82) is 0 Å². The van der Waals surface area contributed by atoms with E-state index < -0.39 is 0 Å². The largest absolute Gasteiger partial charge is 0.507 e. The fraction of sp³-hybridized carbons (Fsp3) is 0.200. The minimum Gasteiger partial charge on any atom is -0.507 e. The van der Waals surface area contributed by atoms with Gasteiger partial charge in [0, 0.05) is 160 Å². The maximum atomic E-state index is 11.0. The number of aromatic nitrogens is 4. The number of hydrogen-bond donors (Lipinski definition) is 4. The van der Waals surface area contributed by atoms with E-state index in [9.17, 15) is 20.4 Å². The molecule has 10 aromatic carbocycles. The molecular formula is C80H76N8O4Pt. The number of phenolic OH excluding ortho intramolecular Hbond substituents is 4. The smallest absolute Gasteiger partial charge is 0.125 e. The molecule has 0 aliphatic rings. The zero-order valence-electron chi connectivity index (χ0n) is 53.0. The van der Waals surface area contributed by atoms with Gasteiger partial charge in [-0.05, 0) is 123 Å². The minimum atomic E-state index is 0. The fourth-order valence-corrected chi connectivity index (χ4v) is 13.0. The van der Waals surface area contributed by atoms with E-state index in [1.54, 1.807) is 24.9 Å². The van der Waals surface area contributed by atoms with Gasteiger partial charge in [-0.15, -0.1) is 0 Å². The van der Waals surface area contributed by atoms with Crippen LogP contribution in [0, 0.1) is 0 Å². The molecule has 0 radical (unpaired) electrons. The van der Waals surface area contributed by atoms with Gasteiger partial charge in [-0.3, -0.25) is 20.0 Å². The van der Waals surface area contributed by atoms with Crippen LogP contribution in [0.15, 0.2) is 214 Å². The summed E-state index contributed by atoms with van der Waals surface area (Å²) in [7, 11) is 0. The predicted molar refractivity (Wildman–Crippen MR) is 386 cm³/mol. The van der Waals surface area contributed by atoms with Crippen molar-refractivity contribution in [3.8, 4) is 23.0 Å². The Morgan fingerprint density at radius 1 is 0.269 bits per heavy atom. The summed E-state index contributed by atoms with van der Waals surface area (Å²) in [5.74, 6) is 0.749. The van der Waals surface area contributed by atoms with Gasteiger partial charge in [0.2, 0.25) is 0 Å². The topological polar surface area (TPSA) is 150 Å². The Hall–Kier alpha value is -10.0. The zero-order valence-corrected chi connectivity index (χ0v) is 55.2. The Labute approximate surface area is 555 Å². The van der Waals surface area contributed by atoms with Crippen molar-refractivity contribution in [1.82, 2.24) is 18.3 Å². The molecule has 0 spiro atoms. The number of fused-ring (bicyclic) bond motifs is 12. The van der Waals surface area contributed by atoms with Crippen molar-refractivity contribution >= 4 is 135 Å². The Morgan fingerprint density at radius 3 is 0.688 bits per heavy atom. The van der Waals surface area contributed by atoms with Crippen LogP contribution in [-0.4, -0.2) is 63.6 Å². The number of para-hydroxylation sites is 8. The van der Waals surface area contributed by atoms with Crippen LogP contribution in [0.1, 0.15) is 101 Å². The van der Waals surface area contributed by atoms with E-state index in [0.717, 1.165) is 143 Å². The van der Waals surface area contributed by atoms with Gasteiger partial charge in [-0.2, -0.15) is 0 Å². The molecule has 0 saturated carbocycles. The van der Waals surface area contributed by atoms with Crippen LogP contribution in [0.3, 0.4) is 0 Å². The molecule has 4 N–H and O–H groups in total. The number of nitrogens with zero attached hydrogens (tertiary/aromatic N) is 8. The molecule has 13 heteroatoms. The number of phenols is 4. The second-order valence-electron chi connectivity index (χ2n) is 23.8. The molecule has 0 unspecified atom stereocenters. The number of aromatic hydroxyl groups is 4. The first-order valence-corrected chi connectivity index (χ1v) is 32.4. The first kappa shape index (κ1) is 63.1. The number of aliphatic imine (C=N–C) groups is 4. The van der Waals surface area contributed by atoms with Gasteiger partial charge >= 0.3 is 0 Å². The van der Waals surface area contributed by atoms with Crippen LogP contribution in [0.2, 0.25) is 0 Å². The first-order chi connectivity index (χ1) is 45.1. The number of unbranched alkanes of at least 4 members (excludes halogenated alkanes) is 4. The van der Waals surface area contributed by atoms with Crippen molar-refractivity contribution in [2.45, 2.75) is 105 Å². The van der Waals surface area contributed by atoms with E-state index >= 15 is 0 Å². The molecule has 4 aromatic heterocycles. The quantitative estimate of drug-likeness (QED) is 0.0562. The molecule has 4 heterocycles. The van der Waals surface area contributed by atoms with E-state index in [1.165, 1.54) is 22.1 Å². The van der Waals surface area contributed by atoms with Gasteiger partial charge in [0.05, 0.1) is 44.8 Å². The van der Waals surface area contributed by atoms with Crippen molar-refractivity contribution in [2.24, 2.45) is 20.0 Å². The Kier molecular flexibility index (Phi) is 19.2. The molecule has 0 amide bonds. The van der Waals surface area contributed by atoms with Gasteiger partial charge < -0.3 is 38.7 Å². The van der Waals surface area contributed by atoms with Crippen molar-refractivity contribution in [2.75, 3.05) is 0 Å². The monoisotopic (exact) mass is 1410 g/mol. The van der Waals surface area contributed by atoms with Crippen molar-refractivity contribution in [3.05, 3.63) is 216 Å². The molecule has 0 bridgehead atoms. The summed E-state index contributed by atoms with van der Waals surface area (Å²) in [5, 5.41) is 52.9. The summed E-state index contributed by atoms with van der Waals surface area (Å²) in [6, 6.07) is 64.3. The van der Waals surface area contributed by atoms with Crippen LogP contribution < -0.4 is 0 Å². The minimum absolute atomic E-state index is 0. The SMILES string of the molecule is CCCCn1c2ccccc2c2cc(O)c(C=Nc3ccccc3N=Cc3cc4c(cc3O)c3ccccc3n4CCCC)cc21.CCCCn1c2ccccc2c2cc(O)c(C=Nc3ccccc3N=Cc3cc4c(cc3O)c3ccccc3n4CCCC)cc21.[Pt]. The Morgan fingerprint density at radius 2 is 0.473 bits per heavy atom. The van der Waals surface area contributed by atoms with E-state index in [2.05, 4.69) is 119 Å². The van der Waals surface area contributed by atoms with Crippen LogP contribution in [0.25, 0.3) is 87.2 Å². The summed E-state index contributed by atoms with van der Waals surface area (Å²) in [6.07, 6.45) is 15.6. The van der Waals surface area contributed by atoms with Gasteiger partial charge in [-0.25, -0.2) is 0 Å². The molecule has 0 fully saturated rings. The van der Waals surface area contributed by atoms with E-state index in [0.29, 0.717) is 45.0 Å². The summed E-state index contributed by atoms with van der Waals surface area (Å²) in [5.41, 5.74) is 14.3. The first-order valence-electron chi connectivity index (χ1n) is 32.4. The normalized spacial score (nSPS) is 12.1. The molecule has 93 heavy (non-hydrogen) atoms. The van der Waals surface area contributed by atoms with Crippen LogP contribution in [0.5, 0.6) is 23.0 Å². The standard InChI is InChI=1S/2C40H38N4O2.Pt/c2*1-3-5-19-43-35-17-11-7-13-29(35)31-23-39(45)27(21-37(31)43)25-41-33-15-9-10-16-34(33)42-26-28-22-38-32(24-40(28)46)30-14-8-12-18-36(30)44(38)20-6-4-2;/h2*7-18,21-26,45-46H,3-6,19-20H2,1-2H3;. The number of hydrogen-bond acceptors (Lipinski definition) is 8. The van der Waals surface area contributed by atoms with E-state index in [-0.39, 0.29) is 44.1 Å². The van der Waals surface area contributed by atoms with E-state index in [4.69, 9.17) is 20.0 Å². The predicted octanol–water partition coefficient (Wildman–Crippen LogP) is 20.8. The Bertz CT molecular complexity index is 4550. The maximum absolute atomic E-state index is 11.0. The molecule has 470 valence electrons. The second-order valence-corrected chi connectivity index (χ2v) is 23.8. The number of rotatable bonds is 20. The average molecular weight is 1410 g/mol. The van der Waals surface area contributed by atoms with Gasteiger partial charge in [-0.1, -0.05) is 150 Å². The van der Waals surface area contributed by atoms with Crippen LogP contribution >= 0.6 is 0 Å². The molecule has 0 saturated heterocycles. The second kappa shape index (κ2) is 28.2. The maximum Gasteiger partial charge on any atom is 0.125 e. The third-order valence-electron chi connectivity index (χ3n) is 17.8. The van der Waals surface area contributed by atoms with Crippen LogP contribution in [-0.2, 0) is 47.2 Å². The molecule has 14 aromatic rings. The summed E-state index contributed by atoms with van der Waals surface area (Å²) < 4.78 is 9.37. The summed E-state index contributed by atoms with van der Waals surface area (Å²) in [4.78, 5) is 19.1. The van der Waals surface area contributed by atoms with Crippen molar-refractivity contribution < 1.29 is 41.5 Å². The molecular weight excluding hydrogens is 1330 g/mol. The molecule has 14 rings (SSSR count). The van der Waals surface area contributed by atoms with Crippen molar-refractivity contribution in [3.63, 3.8) is 0 Å². The number of aryl methyl sites for hydroxylation is 4. The Balaban J connectivity index is 0.000000177. The van der Waals surface area contributed by atoms with E-state index in [1.807, 2.05) is 121 Å². The third-order valence-corrected chi connectivity index (χ3v) is 17.8. The third kappa shape index (κ3) is 12.6. The molecule has 0 atom stereocenters.